The van der Waals surface area contributed by atoms with Crippen molar-refractivity contribution >= 4 is 16.9 Å². The van der Waals surface area contributed by atoms with Crippen LogP contribution in [0.5, 0.6) is 0 Å². The second kappa shape index (κ2) is 10.1. The fourth-order valence-corrected chi connectivity index (χ4v) is 4.41. The van der Waals surface area contributed by atoms with Gasteiger partial charge in [-0.1, -0.05) is 98.1 Å². The predicted octanol–water partition coefficient (Wildman–Crippen LogP) is 7.40. The molecule has 158 valence electrons. The molecular formula is C28H29NO2. The van der Waals surface area contributed by atoms with Crippen LogP contribution >= 0.6 is 0 Å². The molecule has 0 saturated carbocycles. The van der Waals surface area contributed by atoms with Gasteiger partial charge >= 0.3 is 5.97 Å². The molecule has 31 heavy (non-hydrogen) atoms. The molecule has 1 aromatic heterocycles. The van der Waals surface area contributed by atoms with Crippen LogP contribution in [0.2, 0.25) is 0 Å². The molecule has 0 aliphatic heterocycles. The normalized spacial score (nSPS) is 11.1. The summed E-state index contributed by atoms with van der Waals surface area (Å²) >= 11 is 0. The maximum absolute atomic E-state index is 10.7. The Morgan fingerprint density at radius 1 is 0.677 bits per heavy atom. The summed E-state index contributed by atoms with van der Waals surface area (Å²) in [6, 6.07) is 30.0. The van der Waals surface area contributed by atoms with Crippen molar-refractivity contribution in [3.63, 3.8) is 0 Å². The Kier molecular flexibility index (Phi) is 6.83. The Labute approximate surface area is 184 Å². The Morgan fingerprint density at radius 2 is 1.26 bits per heavy atom. The number of nitrogens with zero attached hydrogens (tertiary/aromatic N) is 1. The number of benzene rings is 3. The molecule has 4 rings (SSSR count). The number of aryl methyl sites for hydroxylation is 1. The number of hydrogen-bond acceptors (Lipinski definition) is 1. The van der Waals surface area contributed by atoms with Gasteiger partial charge in [-0.2, -0.15) is 0 Å². The molecule has 4 aromatic rings. The second-order valence-electron chi connectivity index (χ2n) is 8.04. The molecular weight excluding hydrogens is 382 g/mol. The van der Waals surface area contributed by atoms with E-state index in [1.807, 2.05) is 0 Å². The summed E-state index contributed by atoms with van der Waals surface area (Å²) in [5, 5.41) is 10.1. The van der Waals surface area contributed by atoms with E-state index in [2.05, 4.69) is 89.5 Å². The second-order valence-corrected chi connectivity index (χ2v) is 8.04. The van der Waals surface area contributed by atoms with Crippen molar-refractivity contribution in [3.8, 4) is 22.4 Å². The molecule has 0 radical (unpaired) electrons. The van der Waals surface area contributed by atoms with Crippen LogP contribution in [-0.2, 0) is 11.3 Å². The van der Waals surface area contributed by atoms with Crippen LogP contribution in [0.25, 0.3) is 33.3 Å². The minimum atomic E-state index is -0.695. The first-order valence-corrected chi connectivity index (χ1v) is 11.2. The quantitative estimate of drug-likeness (QED) is 0.276. The Morgan fingerprint density at radius 3 is 1.97 bits per heavy atom. The van der Waals surface area contributed by atoms with Crippen LogP contribution in [0.4, 0.5) is 0 Å². The number of para-hydroxylation sites is 1. The molecule has 0 aliphatic rings. The third kappa shape index (κ3) is 4.88. The lowest BCUT2D eigenvalue weighted by Crippen LogP contribution is -2.01. The third-order valence-electron chi connectivity index (χ3n) is 5.85. The van der Waals surface area contributed by atoms with Crippen molar-refractivity contribution in [2.45, 2.75) is 45.1 Å². The van der Waals surface area contributed by atoms with Gasteiger partial charge in [0, 0.05) is 29.4 Å². The van der Waals surface area contributed by atoms with Gasteiger partial charge in [0.2, 0.25) is 0 Å². The Bertz CT molecular complexity index is 1130. The van der Waals surface area contributed by atoms with Gasteiger partial charge in [-0.3, -0.25) is 4.79 Å². The van der Waals surface area contributed by atoms with Gasteiger partial charge in [-0.05, 0) is 30.0 Å². The molecule has 0 aliphatic carbocycles. The summed E-state index contributed by atoms with van der Waals surface area (Å²) in [6.45, 7) is 0.955. The molecule has 0 atom stereocenters. The summed E-state index contributed by atoms with van der Waals surface area (Å²) in [5.74, 6) is -0.695. The Balaban J connectivity index is 1.67. The van der Waals surface area contributed by atoms with E-state index in [1.165, 1.54) is 33.3 Å². The maximum Gasteiger partial charge on any atom is 0.303 e. The first-order valence-electron chi connectivity index (χ1n) is 11.2. The number of aliphatic carboxylic acids is 1. The monoisotopic (exact) mass is 411 g/mol. The molecule has 0 fully saturated rings. The van der Waals surface area contributed by atoms with E-state index in [0.29, 0.717) is 0 Å². The number of carboxylic acids is 1. The molecule has 3 aromatic carbocycles. The zero-order chi connectivity index (χ0) is 21.5. The van der Waals surface area contributed by atoms with Crippen LogP contribution in [0.3, 0.4) is 0 Å². The molecule has 0 unspecified atom stereocenters. The van der Waals surface area contributed by atoms with Crippen LogP contribution in [-0.4, -0.2) is 15.6 Å². The van der Waals surface area contributed by atoms with Gasteiger partial charge in [0.15, 0.2) is 0 Å². The van der Waals surface area contributed by atoms with Gasteiger partial charge in [0.05, 0.1) is 5.69 Å². The van der Waals surface area contributed by atoms with Crippen molar-refractivity contribution in [2.24, 2.45) is 0 Å². The highest BCUT2D eigenvalue weighted by Crippen LogP contribution is 2.41. The fraction of sp³-hybridized carbons (Fsp3) is 0.250. The van der Waals surface area contributed by atoms with Crippen molar-refractivity contribution in [2.75, 3.05) is 0 Å². The van der Waals surface area contributed by atoms with Crippen LogP contribution in [0, 0.1) is 0 Å². The Hall–Kier alpha value is -3.33. The van der Waals surface area contributed by atoms with E-state index < -0.39 is 5.97 Å². The number of rotatable bonds is 10. The van der Waals surface area contributed by atoms with Crippen LogP contribution in [0.1, 0.15) is 38.5 Å². The largest absolute Gasteiger partial charge is 0.481 e. The lowest BCUT2D eigenvalue weighted by molar-refractivity contribution is -0.137. The van der Waals surface area contributed by atoms with Crippen LogP contribution in [0.15, 0.2) is 84.9 Å². The van der Waals surface area contributed by atoms with Gasteiger partial charge in [-0.15, -0.1) is 0 Å². The van der Waals surface area contributed by atoms with E-state index in [9.17, 15) is 4.79 Å². The SMILES string of the molecule is O=C(O)CCCCCCCn1c(-c2ccccc2)c(-c2ccccc2)c2ccccc21. The zero-order valence-corrected chi connectivity index (χ0v) is 17.8. The highest BCUT2D eigenvalue weighted by molar-refractivity contribution is 6.04. The molecule has 0 bridgehead atoms. The van der Waals surface area contributed by atoms with E-state index in [1.54, 1.807) is 0 Å². The van der Waals surface area contributed by atoms with E-state index >= 15 is 0 Å². The van der Waals surface area contributed by atoms with Crippen molar-refractivity contribution < 1.29 is 9.90 Å². The minimum absolute atomic E-state index is 0.279. The molecule has 1 N–H and O–H groups in total. The highest BCUT2D eigenvalue weighted by Gasteiger charge is 2.19. The smallest absolute Gasteiger partial charge is 0.303 e. The van der Waals surface area contributed by atoms with Crippen LogP contribution < -0.4 is 0 Å². The average Bonchev–Trinajstić information content (AvgIpc) is 3.14. The number of unbranched alkanes of at least 4 members (excludes halogenated alkanes) is 4. The molecule has 0 amide bonds. The first kappa shape index (κ1) is 20.9. The first-order chi connectivity index (χ1) is 15.3. The fourth-order valence-electron chi connectivity index (χ4n) is 4.41. The lowest BCUT2D eigenvalue weighted by Gasteiger charge is -2.13. The third-order valence-corrected chi connectivity index (χ3v) is 5.85. The predicted molar refractivity (Wildman–Crippen MR) is 128 cm³/mol. The molecule has 1 heterocycles. The van der Waals surface area contributed by atoms with Gasteiger partial charge in [-0.25, -0.2) is 0 Å². The topological polar surface area (TPSA) is 42.2 Å². The van der Waals surface area contributed by atoms with E-state index in [-0.39, 0.29) is 6.42 Å². The van der Waals surface area contributed by atoms with Gasteiger partial charge in [0.1, 0.15) is 0 Å². The standard InChI is InChI=1S/C28H29NO2/c30-26(31)20-10-2-1-3-13-21-29-25-19-12-11-18-24(25)27(22-14-6-4-7-15-22)28(29)23-16-8-5-9-17-23/h4-9,11-12,14-19H,1-3,10,13,20-21H2,(H,30,31). The molecule has 3 heteroatoms. The van der Waals surface area contributed by atoms with E-state index in [0.717, 1.165) is 38.6 Å². The van der Waals surface area contributed by atoms with Crippen molar-refractivity contribution in [1.82, 2.24) is 4.57 Å². The summed E-state index contributed by atoms with van der Waals surface area (Å²) in [6.07, 6.45) is 5.31. The minimum Gasteiger partial charge on any atom is -0.481 e. The van der Waals surface area contributed by atoms with Gasteiger partial charge < -0.3 is 9.67 Å². The number of hydrogen-bond donors (Lipinski definition) is 1. The molecule has 3 nitrogen and oxygen atoms in total. The van der Waals surface area contributed by atoms with Gasteiger partial charge in [0.25, 0.3) is 0 Å². The van der Waals surface area contributed by atoms with E-state index in [4.69, 9.17) is 5.11 Å². The number of carbonyl (C=O) groups is 1. The summed E-state index contributed by atoms with van der Waals surface area (Å²) in [4.78, 5) is 10.7. The maximum atomic E-state index is 10.7. The average molecular weight is 412 g/mol. The molecule has 0 saturated heterocycles. The number of carboxylic acid groups (broad SMARTS) is 1. The summed E-state index contributed by atoms with van der Waals surface area (Å²) in [7, 11) is 0. The number of fused-ring (bicyclic) bond motifs is 1. The zero-order valence-electron chi connectivity index (χ0n) is 17.8. The molecule has 0 spiro atoms. The summed E-state index contributed by atoms with van der Waals surface area (Å²) in [5.41, 5.74) is 6.32. The number of aromatic nitrogens is 1. The van der Waals surface area contributed by atoms with Crippen molar-refractivity contribution in [3.05, 3.63) is 84.9 Å². The lowest BCUT2D eigenvalue weighted by atomic mass is 9.98. The summed E-state index contributed by atoms with van der Waals surface area (Å²) < 4.78 is 2.48. The highest BCUT2D eigenvalue weighted by atomic mass is 16.4. The van der Waals surface area contributed by atoms with Crippen molar-refractivity contribution in [1.29, 1.82) is 0 Å².